The second-order valence-corrected chi connectivity index (χ2v) is 9.55. The van der Waals surface area contributed by atoms with Crippen LogP contribution >= 0.6 is 0 Å². The fourth-order valence-electron chi connectivity index (χ4n) is 5.25. The van der Waals surface area contributed by atoms with Gasteiger partial charge in [0.2, 0.25) is 11.9 Å². The standard InChI is InChI=1S/C25H30F3N7O3/c1-2-34(23-31-10-6-11-32-23)22(37)19-17(13-15-9-12-30-18(29)14-15)21(36)35(19)24(38)33-20(25(26,27)28)16-7-4-3-5-8-16/h6,9-12,14,16-17,19-20H,2-5,7-8,13H2,1H3,(H2,29,30)(H,33,38)/t17-,19+,20?/m1/s1. The van der Waals surface area contributed by atoms with Crippen LogP contribution in [-0.2, 0) is 16.0 Å². The number of anilines is 2. The molecule has 0 bridgehead atoms. The van der Waals surface area contributed by atoms with Crippen molar-refractivity contribution in [2.24, 2.45) is 11.8 Å². The molecule has 2 fully saturated rings. The van der Waals surface area contributed by atoms with E-state index < -0.39 is 47.9 Å². The van der Waals surface area contributed by atoms with Crippen LogP contribution in [0.2, 0.25) is 0 Å². The zero-order valence-corrected chi connectivity index (χ0v) is 20.9. The third kappa shape index (κ3) is 5.70. The number of aromatic nitrogens is 3. The van der Waals surface area contributed by atoms with Crippen LogP contribution in [0.5, 0.6) is 0 Å². The molecule has 0 radical (unpaired) electrons. The van der Waals surface area contributed by atoms with E-state index in [0.717, 1.165) is 6.42 Å². The van der Waals surface area contributed by atoms with Crippen LogP contribution in [0.1, 0.15) is 44.6 Å². The Morgan fingerprint density at radius 3 is 2.45 bits per heavy atom. The number of pyridine rings is 1. The van der Waals surface area contributed by atoms with Gasteiger partial charge in [-0.1, -0.05) is 19.3 Å². The summed E-state index contributed by atoms with van der Waals surface area (Å²) in [6.07, 6.45) is 2.41. The number of nitrogens with zero attached hydrogens (tertiary/aromatic N) is 5. The number of hydrogen-bond acceptors (Lipinski definition) is 7. The summed E-state index contributed by atoms with van der Waals surface area (Å²) in [6, 6.07) is 0.0238. The van der Waals surface area contributed by atoms with E-state index in [4.69, 9.17) is 5.73 Å². The zero-order valence-electron chi connectivity index (χ0n) is 20.9. The Morgan fingerprint density at radius 1 is 1.16 bits per heavy atom. The summed E-state index contributed by atoms with van der Waals surface area (Å²) >= 11 is 0. The summed E-state index contributed by atoms with van der Waals surface area (Å²) in [6.45, 7) is 1.78. The van der Waals surface area contributed by atoms with Crippen LogP contribution in [0.3, 0.4) is 0 Å². The minimum absolute atomic E-state index is 0.0459. The van der Waals surface area contributed by atoms with E-state index in [-0.39, 0.29) is 24.7 Å². The number of carbonyl (C=O) groups excluding carboxylic acids is 3. The first-order chi connectivity index (χ1) is 18.1. The number of hydrogen-bond donors (Lipinski definition) is 2. The Labute approximate surface area is 217 Å². The fraction of sp³-hybridized carbons (Fsp3) is 0.520. The molecule has 0 aromatic carbocycles. The number of rotatable bonds is 7. The fourth-order valence-corrected chi connectivity index (χ4v) is 5.25. The van der Waals surface area contributed by atoms with Crippen LogP contribution in [0.25, 0.3) is 0 Å². The zero-order chi connectivity index (χ0) is 27.4. The number of likely N-dealkylation sites (tertiary alicyclic amines) is 1. The van der Waals surface area contributed by atoms with Crippen molar-refractivity contribution in [2.75, 3.05) is 17.2 Å². The van der Waals surface area contributed by atoms with Crippen LogP contribution < -0.4 is 16.0 Å². The van der Waals surface area contributed by atoms with E-state index in [0.29, 0.717) is 36.1 Å². The van der Waals surface area contributed by atoms with E-state index in [1.807, 2.05) is 5.32 Å². The van der Waals surface area contributed by atoms with E-state index in [1.165, 1.54) is 29.6 Å². The second kappa shape index (κ2) is 11.3. The number of carbonyl (C=O) groups is 3. The maximum atomic E-state index is 14.0. The number of nitrogens with one attached hydrogen (secondary N) is 1. The van der Waals surface area contributed by atoms with Gasteiger partial charge in [0.1, 0.15) is 17.9 Å². The molecule has 0 spiro atoms. The molecule has 13 heteroatoms. The molecule has 1 saturated heterocycles. The quantitative estimate of drug-likeness (QED) is 0.522. The van der Waals surface area contributed by atoms with Crippen molar-refractivity contribution < 1.29 is 27.6 Å². The van der Waals surface area contributed by atoms with Gasteiger partial charge in [-0.25, -0.2) is 19.7 Å². The molecular formula is C25H30F3N7O3. The Kier molecular flexibility index (Phi) is 8.12. The molecule has 3 N–H and O–H groups in total. The molecule has 2 aromatic heterocycles. The largest absolute Gasteiger partial charge is 0.408 e. The monoisotopic (exact) mass is 533 g/mol. The first-order valence-corrected chi connectivity index (χ1v) is 12.6. The van der Waals surface area contributed by atoms with Crippen molar-refractivity contribution in [3.8, 4) is 0 Å². The Bertz CT molecular complexity index is 1160. The van der Waals surface area contributed by atoms with Crippen molar-refractivity contribution in [1.82, 2.24) is 25.2 Å². The number of amides is 4. The number of nitrogens with two attached hydrogens (primary N) is 1. The van der Waals surface area contributed by atoms with Gasteiger partial charge in [0.15, 0.2) is 0 Å². The number of alkyl halides is 3. The van der Waals surface area contributed by atoms with Crippen LogP contribution in [0, 0.1) is 11.8 Å². The van der Waals surface area contributed by atoms with Crippen LogP contribution in [0.4, 0.5) is 29.7 Å². The lowest BCUT2D eigenvalue weighted by Crippen LogP contribution is -2.72. The maximum Gasteiger partial charge on any atom is 0.408 e. The smallest absolute Gasteiger partial charge is 0.384 e. The van der Waals surface area contributed by atoms with Gasteiger partial charge in [-0.2, -0.15) is 13.2 Å². The summed E-state index contributed by atoms with van der Waals surface area (Å²) in [5.74, 6) is -2.93. The van der Waals surface area contributed by atoms with Gasteiger partial charge in [-0.15, -0.1) is 0 Å². The first-order valence-electron chi connectivity index (χ1n) is 12.6. The van der Waals surface area contributed by atoms with Gasteiger partial charge in [0.05, 0.1) is 5.92 Å². The topological polar surface area (TPSA) is 134 Å². The lowest BCUT2D eigenvalue weighted by molar-refractivity contribution is -0.170. The highest BCUT2D eigenvalue weighted by molar-refractivity contribution is 6.12. The van der Waals surface area contributed by atoms with Crippen LogP contribution in [0.15, 0.2) is 36.8 Å². The highest BCUT2D eigenvalue weighted by Crippen LogP contribution is 2.37. The summed E-state index contributed by atoms with van der Waals surface area (Å²) < 4.78 is 41.9. The van der Waals surface area contributed by atoms with Crippen molar-refractivity contribution in [3.63, 3.8) is 0 Å². The average molecular weight is 534 g/mol. The summed E-state index contributed by atoms with van der Waals surface area (Å²) in [7, 11) is 0. The van der Waals surface area contributed by atoms with Crippen molar-refractivity contribution in [1.29, 1.82) is 0 Å². The molecule has 4 rings (SSSR count). The molecule has 3 atom stereocenters. The lowest BCUT2D eigenvalue weighted by Gasteiger charge is -2.46. The summed E-state index contributed by atoms with van der Waals surface area (Å²) in [4.78, 5) is 54.0. The molecular weight excluding hydrogens is 503 g/mol. The molecule has 1 aliphatic carbocycles. The molecule has 10 nitrogen and oxygen atoms in total. The minimum atomic E-state index is -4.70. The van der Waals surface area contributed by atoms with Gasteiger partial charge in [-0.3, -0.25) is 19.4 Å². The van der Waals surface area contributed by atoms with E-state index in [9.17, 15) is 27.6 Å². The van der Waals surface area contributed by atoms with E-state index in [1.54, 1.807) is 19.1 Å². The molecule has 1 saturated carbocycles. The van der Waals surface area contributed by atoms with Crippen LogP contribution in [-0.4, -0.2) is 62.5 Å². The molecule has 38 heavy (non-hydrogen) atoms. The van der Waals surface area contributed by atoms with E-state index in [2.05, 4.69) is 15.0 Å². The Balaban J connectivity index is 1.62. The third-order valence-electron chi connectivity index (χ3n) is 7.12. The molecule has 4 amide bonds. The maximum absolute atomic E-state index is 14.0. The third-order valence-corrected chi connectivity index (χ3v) is 7.12. The van der Waals surface area contributed by atoms with Gasteiger partial charge >= 0.3 is 12.2 Å². The number of halogens is 3. The number of nitrogen functional groups attached to an aromatic ring is 1. The van der Waals surface area contributed by atoms with Gasteiger partial charge in [0.25, 0.3) is 5.91 Å². The number of imide groups is 1. The van der Waals surface area contributed by atoms with Crippen molar-refractivity contribution in [2.45, 2.75) is 63.7 Å². The van der Waals surface area contributed by atoms with Gasteiger partial charge < -0.3 is 11.1 Å². The first kappa shape index (κ1) is 27.3. The number of β-lactam (4-membered cyclic amide) rings is 1. The molecule has 204 valence electrons. The molecule has 1 aliphatic heterocycles. The van der Waals surface area contributed by atoms with Gasteiger partial charge in [-0.05, 0) is 55.9 Å². The molecule has 3 heterocycles. The van der Waals surface area contributed by atoms with Crippen molar-refractivity contribution >= 4 is 29.6 Å². The van der Waals surface area contributed by atoms with E-state index >= 15 is 0 Å². The number of likely N-dealkylation sites (N-methyl/N-ethyl adjacent to an activating group) is 1. The molecule has 1 unspecified atom stereocenters. The predicted octanol–water partition coefficient (Wildman–Crippen LogP) is 3.10. The Hall–Kier alpha value is -3.77. The molecule has 2 aliphatic rings. The summed E-state index contributed by atoms with van der Waals surface area (Å²) in [5, 5.41) is 2.04. The lowest BCUT2D eigenvalue weighted by atomic mass is 9.81. The highest BCUT2D eigenvalue weighted by Gasteiger charge is 2.57. The normalized spacial score (nSPS) is 20.9. The second-order valence-electron chi connectivity index (χ2n) is 9.55. The average Bonchev–Trinajstić information content (AvgIpc) is 2.89. The van der Waals surface area contributed by atoms with Gasteiger partial charge in [0, 0.05) is 25.1 Å². The summed E-state index contributed by atoms with van der Waals surface area (Å²) in [5.41, 5.74) is 6.34. The van der Waals surface area contributed by atoms with Crippen molar-refractivity contribution in [3.05, 3.63) is 42.4 Å². The SMILES string of the molecule is CCN(C(=O)[C@@H]1[C@@H](Cc2ccnc(N)c2)C(=O)N1C(=O)NC(C1CCCCC1)C(F)(F)F)c1ncccn1. The molecule has 2 aromatic rings. The predicted molar refractivity (Wildman–Crippen MR) is 131 cm³/mol. The number of urea groups is 1. The highest BCUT2D eigenvalue weighted by atomic mass is 19.4. The minimum Gasteiger partial charge on any atom is -0.384 e. The Morgan fingerprint density at radius 2 is 1.84 bits per heavy atom.